The van der Waals surface area contributed by atoms with Crippen LogP contribution in [0.15, 0.2) is 29.6 Å². The van der Waals surface area contributed by atoms with Crippen molar-refractivity contribution >= 4 is 33.8 Å². The van der Waals surface area contributed by atoms with E-state index in [2.05, 4.69) is 9.97 Å². The van der Waals surface area contributed by atoms with Gasteiger partial charge in [0.05, 0.1) is 18.0 Å². The van der Waals surface area contributed by atoms with E-state index in [1.165, 1.54) is 17.4 Å². The molecule has 1 aromatic carbocycles. The summed E-state index contributed by atoms with van der Waals surface area (Å²) in [5.41, 5.74) is 0.477. The zero-order valence-corrected chi connectivity index (χ0v) is 11.4. The third kappa shape index (κ3) is 2.05. The van der Waals surface area contributed by atoms with Gasteiger partial charge in [-0.25, -0.2) is 14.4 Å². The zero-order chi connectivity index (χ0) is 13.4. The molecule has 3 nitrogen and oxygen atoms in total. The fraction of sp³-hybridized carbons (Fsp3) is 0.0769. The molecule has 0 spiro atoms. The maximum absolute atomic E-state index is 13.7. The van der Waals surface area contributed by atoms with Gasteiger partial charge >= 0.3 is 0 Å². The number of thiophene rings is 1. The number of aromatic nitrogens is 2. The summed E-state index contributed by atoms with van der Waals surface area (Å²) < 4.78 is 18.9. The molecule has 0 unspecified atom stereocenters. The highest BCUT2D eigenvalue weighted by molar-refractivity contribution is 7.13. The van der Waals surface area contributed by atoms with Crippen molar-refractivity contribution in [1.82, 2.24) is 9.97 Å². The lowest BCUT2D eigenvalue weighted by Gasteiger charge is -2.05. The number of benzene rings is 1. The summed E-state index contributed by atoms with van der Waals surface area (Å²) in [6.45, 7) is 0. The molecule has 0 atom stereocenters. The van der Waals surface area contributed by atoms with Crippen LogP contribution in [0.25, 0.3) is 21.6 Å². The van der Waals surface area contributed by atoms with Crippen molar-refractivity contribution in [1.29, 1.82) is 0 Å². The van der Waals surface area contributed by atoms with Crippen LogP contribution in [0, 0.1) is 5.82 Å². The predicted octanol–water partition coefficient (Wildman–Crippen LogP) is 4.16. The van der Waals surface area contributed by atoms with Crippen molar-refractivity contribution < 1.29 is 9.13 Å². The molecule has 0 saturated heterocycles. The maximum Gasteiger partial charge on any atom is 0.175 e. The summed E-state index contributed by atoms with van der Waals surface area (Å²) in [7, 11) is 1.58. The van der Waals surface area contributed by atoms with E-state index in [-0.39, 0.29) is 10.5 Å². The molecule has 96 valence electrons. The molecule has 6 heteroatoms. The van der Waals surface area contributed by atoms with Gasteiger partial charge in [0.25, 0.3) is 0 Å². The molecule has 0 aliphatic carbocycles. The van der Waals surface area contributed by atoms with E-state index in [9.17, 15) is 4.39 Å². The lowest BCUT2D eigenvalue weighted by molar-refractivity contribution is 0.418. The summed E-state index contributed by atoms with van der Waals surface area (Å²) in [4.78, 5) is 9.27. The van der Waals surface area contributed by atoms with E-state index in [1.54, 1.807) is 19.2 Å². The summed E-state index contributed by atoms with van der Waals surface area (Å²) in [6.07, 6.45) is 0. The predicted molar refractivity (Wildman–Crippen MR) is 74.4 cm³/mol. The molecule has 3 rings (SSSR count). The van der Waals surface area contributed by atoms with E-state index in [0.29, 0.717) is 17.1 Å². The van der Waals surface area contributed by atoms with Crippen molar-refractivity contribution in [3.05, 3.63) is 40.6 Å². The first-order valence-electron chi connectivity index (χ1n) is 5.44. The van der Waals surface area contributed by atoms with Crippen LogP contribution in [0.2, 0.25) is 5.15 Å². The van der Waals surface area contributed by atoms with Gasteiger partial charge in [0, 0.05) is 0 Å². The highest BCUT2D eigenvalue weighted by atomic mass is 35.5. The number of halogens is 2. The van der Waals surface area contributed by atoms with Crippen molar-refractivity contribution in [2.24, 2.45) is 0 Å². The molecule has 0 saturated carbocycles. The Bertz CT molecular complexity index is 759. The van der Waals surface area contributed by atoms with E-state index in [1.807, 2.05) is 11.4 Å². The second kappa shape index (κ2) is 4.75. The highest BCUT2D eigenvalue weighted by Gasteiger charge is 2.15. The molecule has 2 heterocycles. The minimum absolute atomic E-state index is 0.105. The SMILES string of the molecule is COc1ccsc1-c1nc(Cl)c2c(F)cccc2n1. The highest BCUT2D eigenvalue weighted by Crippen LogP contribution is 2.35. The van der Waals surface area contributed by atoms with Gasteiger partial charge in [0.15, 0.2) is 5.82 Å². The van der Waals surface area contributed by atoms with Gasteiger partial charge in [-0.2, -0.15) is 0 Å². The smallest absolute Gasteiger partial charge is 0.175 e. The van der Waals surface area contributed by atoms with Gasteiger partial charge in [-0.3, -0.25) is 0 Å². The first kappa shape index (κ1) is 12.3. The van der Waals surface area contributed by atoms with Crippen LogP contribution in [0.5, 0.6) is 5.75 Å². The Hall–Kier alpha value is -1.72. The van der Waals surface area contributed by atoms with Crippen LogP contribution in [0.1, 0.15) is 0 Å². The van der Waals surface area contributed by atoms with E-state index in [4.69, 9.17) is 16.3 Å². The van der Waals surface area contributed by atoms with Crippen LogP contribution in [-0.4, -0.2) is 17.1 Å². The topological polar surface area (TPSA) is 35.0 Å². The molecule has 0 radical (unpaired) electrons. The molecule has 3 aromatic rings. The third-order valence-electron chi connectivity index (χ3n) is 2.68. The lowest BCUT2D eigenvalue weighted by atomic mass is 10.2. The minimum atomic E-state index is -0.424. The second-order valence-corrected chi connectivity index (χ2v) is 5.06. The van der Waals surface area contributed by atoms with Crippen LogP contribution >= 0.6 is 22.9 Å². The summed E-state index contributed by atoms with van der Waals surface area (Å²) in [5, 5.41) is 2.22. The van der Waals surface area contributed by atoms with E-state index in [0.717, 1.165) is 4.88 Å². The molecule has 0 aliphatic heterocycles. The second-order valence-electron chi connectivity index (χ2n) is 3.79. The Morgan fingerprint density at radius 1 is 1.26 bits per heavy atom. The van der Waals surface area contributed by atoms with Gasteiger partial charge in [-0.05, 0) is 23.6 Å². The van der Waals surface area contributed by atoms with Crippen LogP contribution in [0.3, 0.4) is 0 Å². The Balaban J connectivity index is 2.27. The lowest BCUT2D eigenvalue weighted by Crippen LogP contribution is -1.93. The Morgan fingerprint density at radius 2 is 2.11 bits per heavy atom. The van der Waals surface area contributed by atoms with E-state index >= 15 is 0 Å². The number of ether oxygens (including phenoxy) is 1. The summed E-state index contributed by atoms with van der Waals surface area (Å²) in [6, 6.07) is 6.46. The van der Waals surface area contributed by atoms with Crippen molar-refractivity contribution in [2.45, 2.75) is 0 Å². The standard InChI is InChI=1S/C13H8ClFN2OS/c1-18-9-5-6-19-11(9)13-16-8-4-2-3-7(15)10(8)12(14)17-13/h2-6H,1H3. The van der Waals surface area contributed by atoms with E-state index < -0.39 is 5.82 Å². The largest absolute Gasteiger partial charge is 0.495 e. The molecular formula is C13H8ClFN2OS. The Kier molecular flexibility index (Phi) is 3.08. The molecule has 0 bridgehead atoms. The monoisotopic (exact) mass is 294 g/mol. The quantitative estimate of drug-likeness (QED) is 0.666. The van der Waals surface area contributed by atoms with Gasteiger partial charge in [-0.15, -0.1) is 11.3 Å². The molecule has 0 fully saturated rings. The molecule has 0 N–H and O–H groups in total. The van der Waals surface area contributed by atoms with Crippen LogP contribution in [0.4, 0.5) is 4.39 Å². The molecule has 2 aromatic heterocycles. The van der Waals surface area contributed by atoms with Crippen molar-refractivity contribution in [2.75, 3.05) is 7.11 Å². The average Bonchev–Trinajstić information content (AvgIpc) is 2.86. The normalized spacial score (nSPS) is 10.9. The van der Waals surface area contributed by atoms with Crippen molar-refractivity contribution in [3.63, 3.8) is 0 Å². The fourth-order valence-corrected chi connectivity index (χ4v) is 2.88. The van der Waals surface area contributed by atoms with Gasteiger partial charge in [-0.1, -0.05) is 17.7 Å². The number of rotatable bonds is 2. The summed E-state index contributed by atoms with van der Waals surface area (Å²) >= 11 is 7.50. The first-order chi connectivity index (χ1) is 9.20. The molecular weight excluding hydrogens is 287 g/mol. The van der Waals surface area contributed by atoms with Gasteiger partial charge in [0.2, 0.25) is 0 Å². The van der Waals surface area contributed by atoms with Crippen molar-refractivity contribution in [3.8, 4) is 16.5 Å². The molecule has 0 amide bonds. The van der Waals surface area contributed by atoms with Crippen LogP contribution < -0.4 is 4.74 Å². The molecule has 0 aliphatic rings. The number of hydrogen-bond donors (Lipinski definition) is 0. The Morgan fingerprint density at radius 3 is 2.89 bits per heavy atom. The summed E-state index contributed by atoms with van der Waals surface area (Å²) in [5.74, 6) is 0.693. The third-order valence-corrected chi connectivity index (χ3v) is 3.85. The average molecular weight is 295 g/mol. The fourth-order valence-electron chi connectivity index (χ4n) is 1.82. The number of hydrogen-bond acceptors (Lipinski definition) is 4. The minimum Gasteiger partial charge on any atom is -0.495 e. The number of methoxy groups -OCH3 is 1. The molecule has 19 heavy (non-hydrogen) atoms. The first-order valence-corrected chi connectivity index (χ1v) is 6.70. The van der Waals surface area contributed by atoms with Crippen LogP contribution in [-0.2, 0) is 0 Å². The van der Waals surface area contributed by atoms with Gasteiger partial charge < -0.3 is 4.74 Å². The maximum atomic E-state index is 13.7. The number of nitrogens with zero attached hydrogens (tertiary/aromatic N) is 2. The van der Waals surface area contributed by atoms with Gasteiger partial charge in [0.1, 0.15) is 21.6 Å². The Labute approximate surface area is 117 Å². The zero-order valence-electron chi connectivity index (χ0n) is 9.85. The number of fused-ring (bicyclic) bond motifs is 1.